The lowest BCUT2D eigenvalue weighted by atomic mass is 10.3. The molecule has 0 aliphatic carbocycles. The fourth-order valence-electron chi connectivity index (χ4n) is 4.75. The van der Waals surface area contributed by atoms with Crippen molar-refractivity contribution >= 4 is 5.97 Å². The normalized spacial score (nSPS) is 11.5. The molecule has 1 N–H and O–H groups in total. The molecule has 17 heteroatoms. The molecular weight excluding hydrogens is 800 g/mol. The van der Waals surface area contributed by atoms with Crippen molar-refractivity contribution in [1.82, 2.24) is 0 Å². The van der Waals surface area contributed by atoms with E-state index >= 15 is 0 Å². The van der Waals surface area contributed by atoms with Crippen LogP contribution in [0.2, 0.25) is 0 Å². The van der Waals surface area contributed by atoms with Crippen molar-refractivity contribution in [2.24, 2.45) is 0 Å². The second-order valence-electron chi connectivity index (χ2n) is 13.7. The first kappa shape index (κ1) is 59.6. The van der Waals surface area contributed by atoms with Crippen LogP contribution >= 0.6 is 0 Å². The molecule has 0 unspecified atom stereocenters. The molecule has 0 aromatic heterocycles. The number of rotatable bonds is 55. The SMILES string of the molecule is C=C(C)C(=O)OCCOCCOCCOCCOCCOCCOCCOCCOCCOCCOCCCCOCCCCOCCCCOCCCCOCCCCO. The highest BCUT2D eigenvalue weighted by molar-refractivity contribution is 5.86. The fourth-order valence-corrected chi connectivity index (χ4v) is 4.75. The average molecular weight is 887 g/mol. The van der Waals surface area contributed by atoms with Crippen LogP contribution in [-0.2, 0) is 75.8 Å². The van der Waals surface area contributed by atoms with Gasteiger partial charge in [0, 0.05) is 71.6 Å². The van der Waals surface area contributed by atoms with Gasteiger partial charge < -0.3 is 76.2 Å². The van der Waals surface area contributed by atoms with E-state index < -0.39 is 5.97 Å². The summed E-state index contributed by atoms with van der Waals surface area (Å²) in [5.41, 5.74) is 0.369. The third-order valence-electron chi connectivity index (χ3n) is 8.16. The van der Waals surface area contributed by atoms with E-state index in [0.717, 1.165) is 117 Å². The maximum atomic E-state index is 11.2. The van der Waals surface area contributed by atoms with Crippen molar-refractivity contribution in [1.29, 1.82) is 0 Å². The molecular formula is C44H86O17. The van der Waals surface area contributed by atoms with E-state index in [0.29, 0.717) is 138 Å². The summed E-state index contributed by atoms with van der Waals surface area (Å²) < 4.78 is 82.4. The van der Waals surface area contributed by atoms with E-state index in [1.165, 1.54) is 0 Å². The van der Waals surface area contributed by atoms with Crippen LogP contribution in [0.4, 0.5) is 0 Å². The van der Waals surface area contributed by atoms with Crippen LogP contribution in [0.15, 0.2) is 12.2 Å². The first-order valence-corrected chi connectivity index (χ1v) is 22.7. The molecule has 0 bridgehead atoms. The van der Waals surface area contributed by atoms with Crippen LogP contribution in [0, 0.1) is 0 Å². The van der Waals surface area contributed by atoms with Crippen LogP contribution in [0.5, 0.6) is 0 Å². The molecule has 61 heavy (non-hydrogen) atoms. The van der Waals surface area contributed by atoms with Crippen LogP contribution in [0.1, 0.15) is 71.1 Å². The average Bonchev–Trinajstić information content (AvgIpc) is 3.26. The van der Waals surface area contributed by atoms with Crippen LogP contribution in [0.25, 0.3) is 0 Å². The molecule has 0 atom stereocenters. The second-order valence-corrected chi connectivity index (χ2v) is 13.7. The summed E-state index contributed by atoms with van der Waals surface area (Å²) in [7, 11) is 0. The fraction of sp³-hybridized carbons (Fsp3) is 0.932. The molecule has 0 amide bonds. The van der Waals surface area contributed by atoms with Gasteiger partial charge in [-0.15, -0.1) is 0 Å². The minimum absolute atomic E-state index is 0.197. The molecule has 0 heterocycles. The molecule has 0 aromatic rings. The van der Waals surface area contributed by atoms with Crippen molar-refractivity contribution in [3.8, 4) is 0 Å². The number of unbranched alkanes of at least 4 members (excludes halogenated alkanes) is 5. The molecule has 0 rings (SSSR count). The number of hydrogen-bond donors (Lipinski definition) is 1. The van der Waals surface area contributed by atoms with Crippen molar-refractivity contribution in [2.75, 3.05) is 198 Å². The maximum Gasteiger partial charge on any atom is 0.333 e. The van der Waals surface area contributed by atoms with Gasteiger partial charge in [0.2, 0.25) is 0 Å². The van der Waals surface area contributed by atoms with Crippen LogP contribution in [0.3, 0.4) is 0 Å². The lowest BCUT2D eigenvalue weighted by Gasteiger charge is -2.09. The highest BCUT2D eigenvalue weighted by Gasteiger charge is 2.02. The minimum atomic E-state index is -0.414. The topological polar surface area (TPSA) is 176 Å². The summed E-state index contributed by atoms with van der Waals surface area (Å²) in [5.74, 6) is -0.414. The summed E-state index contributed by atoms with van der Waals surface area (Å²) in [5, 5.41) is 8.73. The van der Waals surface area contributed by atoms with Crippen LogP contribution in [-0.4, -0.2) is 209 Å². The molecule has 0 fully saturated rings. The zero-order chi connectivity index (χ0) is 44.0. The van der Waals surface area contributed by atoms with Gasteiger partial charge in [-0.3, -0.25) is 0 Å². The first-order chi connectivity index (χ1) is 30.2. The van der Waals surface area contributed by atoms with Gasteiger partial charge in [-0.2, -0.15) is 0 Å². The predicted molar refractivity (Wildman–Crippen MR) is 230 cm³/mol. The minimum Gasteiger partial charge on any atom is -0.460 e. The third-order valence-corrected chi connectivity index (χ3v) is 8.16. The van der Waals surface area contributed by atoms with Gasteiger partial charge in [-0.25, -0.2) is 4.79 Å². The Hall–Kier alpha value is -1.39. The number of hydrogen-bond acceptors (Lipinski definition) is 17. The number of ether oxygens (including phenoxy) is 15. The van der Waals surface area contributed by atoms with Crippen molar-refractivity contribution < 1.29 is 81.0 Å². The monoisotopic (exact) mass is 887 g/mol. The van der Waals surface area contributed by atoms with Gasteiger partial charge in [-0.1, -0.05) is 6.58 Å². The Morgan fingerprint density at radius 2 is 0.459 bits per heavy atom. The number of aliphatic hydroxyl groups excluding tert-OH is 1. The van der Waals surface area contributed by atoms with Crippen LogP contribution < -0.4 is 0 Å². The summed E-state index contributed by atoms with van der Waals surface area (Å²) in [4.78, 5) is 11.2. The second kappa shape index (κ2) is 54.7. The summed E-state index contributed by atoms with van der Waals surface area (Å²) in [6.45, 7) is 21.7. The third kappa shape index (κ3) is 54.7. The quantitative estimate of drug-likeness (QED) is 0.0521. The zero-order valence-corrected chi connectivity index (χ0v) is 38.0. The van der Waals surface area contributed by atoms with E-state index in [4.69, 9.17) is 76.2 Å². The van der Waals surface area contributed by atoms with Gasteiger partial charge in [0.15, 0.2) is 0 Å². The number of carbonyl (C=O) groups is 1. The Kier molecular flexibility index (Phi) is 53.5. The van der Waals surface area contributed by atoms with Gasteiger partial charge in [0.25, 0.3) is 0 Å². The Morgan fingerprint density at radius 1 is 0.295 bits per heavy atom. The smallest absolute Gasteiger partial charge is 0.333 e. The predicted octanol–water partition coefficient (Wildman–Crippen LogP) is 4.23. The van der Waals surface area contributed by atoms with E-state index in [-0.39, 0.29) is 13.2 Å². The van der Waals surface area contributed by atoms with Gasteiger partial charge in [0.05, 0.1) is 126 Å². The van der Waals surface area contributed by atoms with Crippen molar-refractivity contribution in [2.45, 2.75) is 71.1 Å². The lowest BCUT2D eigenvalue weighted by molar-refractivity contribution is -0.140. The Balaban J connectivity index is 3.08. The molecule has 0 aliphatic rings. The van der Waals surface area contributed by atoms with E-state index in [1.54, 1.807) is 6.92 Å². The standard InChI is InChI=1S/C44H86O17/c1-43(2)44(46)61-42-41-60-40-39-59-38-37-58-36-35-57-34-33-56-32-31-55-30-29-54-28-27-53-26-25-52-24-23-51-22-12-11-21-50-20-10-9-19-49-18-8-7-17-48-16-6-5-15-47-14-4-3-13-45/h45H,1,3-42H2,2H3. The summed E-state index contributed by atoms with van der Waals surface area (Å²) >= 11 is 0. The highest BCUT2D eigenvalue weighted by atomic mass is 16.6. The molecule has 364 valence electrons. The van der Waals surface area contributed by atoms with Gasteiger partial charge in [0.1, 0.15) is 6.61 Å². The Morgan fingerprint density at radius 3 is 0.656 bits per heavy atom. The number of aliphatic hydroxyl groups is 1. The lowest BCUT2D eigenvalue weighted by Crippen LogP contribution is -2.15. The molecule has 0 spiro atoms. The molecule has 0 aliphatic heterocycles. The van der Waals surface area contributed by atoms with Crippen molar-refractivity contribution in [3.63, 3.8) is 0 Å². The maximum absolute atomic E-state index is 11.2. The molecule has 17 nitrogen and oxygen atoms in total. The largest absolute Gasteiger partial charge is 0.460 e. The molecule has 0 saturated heterocycles. The summed E-state index contributed by atoms with van der Waals surface area (Å²) in [6, 6.07) is 0. The molecule has 0 radical (unpaired) electrons. The Bertz CT molecular complexity index is 857. The summed E-state index contributed by atoms with van der Waals surface area (Å²) in [6.07, 6.45) is 9.84. The van der Waals surface area contributed by atoms with E-state index in [1.807, 2.05) is 0 Å². The van der Waals surface area contributed by atoms with Gasteiger partial charge >= 0.3 is 5.97 Å². The highest BCUT2D eigenvalue weighted by Crippen LogP contribution is 2.00. The molecule has 0 saturated carbocycles. The van der Waals surface area contributed by atoms with E-state index in [2.05, 4.69) is 6.58 Å². The Labute approximate surface area is 367 Å². The zero-order valence-electron chi connectivity index (χ0n) is 38.0. The first-order valence-electron chi connectivity index (χ1n) is 22.7. The number of carbonyl (C=O) groups excluding carboxylic acids is 1. The number of esters is 1. The van der Waals surface area contributed by atoms with Gasteiger partial charge in [-0.05, 0) is 71.1 Å². The van der Waals surface area contributed by atoms with Crippen molar-refractivity contribution in [3.05, 3.63) is 12.2 Å². The van der Waals surface area contributed by atoms with E-state index in [9.17, 15) is 4.79 Å². The molecule has 0 aromatic carbocycles.